The van der Waals surface area contributed by atoms with E-state index in [1.807, 2.05) is 30.3 Å². The second-order valence-electron chi connectivity index (χ2n) is 12.9. The first-order valence-electron chi connectivity index (χ1n) is 17.5. The van der Waals surface area contributed by atoms with Crippen LogP contribution in [0.5, 0.6) is 0 Å². The normalized spacial score (nSPS) is 13.5. The van der Waals surface area contributed by atoms with Crippen molar-refractivity contribution in [3.05, 3.63) is 167 Å². The molecule has 0 unspecified atom stereocenters. The van der Waals surface area contributed by atoms with Gasteiger partial charge in [0.05, 0.1) is 0 Å². The third-order valence-electron chi connectivity index (χ3n) is 9.16. The summed E-state index contributed by atoms with van der Waals surface area (Å²) >= 11 is 0. The quantitative estimate of drug-likeness (QED) is 0.127. The molecule has 52 heavy (non-hydrogen) atoms. The summed E-state index contributed by atoms with van der Waals surface area (Å²) in [6.07, 6.45) is -2.12. The van der Waals surface area contributed by atoms with Gasteiger partial charge >= 0.3 is 12.1 Å². The number of hydrogen-bond acceptors (Lipinski definition) is 4. The Bertz CT molecular complexity index is 1830. The van der Waals surface area contributed by atoms with E-state index in [1.54, 1.807) is 0 Å². The molecular formula is C43H44F3N3O3. The second kappa shape index (κ2) is 18.8. The molecule has 270 valence electrons. The van der Waals surface area contributed by atoms with Crippen molar-refractivity contribution >= 4 is 11.9 Å². The molecule has 5 aromatic rings. The van der Waals surface area contributed by atoms with Gasteiger partial charge in [0.25, 0.3) is 5.91 Å². The van der Waals surface area contributed by atoms with Crippen LogP contribution in [0.1, 0.15) is 45.5 Å². The first kappa shape index (κ1) is 38.0. The zero-order chi connectivity index (χ0) is 36.8. The maximum atomic E-state index is 14.0. The van der Waals surface area contributed by atoms with E-state index in [4.69, 9.17) is 9.90 Å². The van der Waals surface area contributed by atoms with Crippen molar-refractivity contribution in [2.45, 2.75) is 51.1 Å². The number of amides is 1. The maximum absolute atomic E-state index is 14.0. The van der Waals surface area contributed by atoms with Crippen molar-refractivity contribution in [3.8, 4) is 11.1 Å². The molecule has 6 rings (SSSR count). The lowest BCUT2D eigenvalue weighted by molar-refractivity contribution is -0.192. The van der Waals surface area contributed by atoms with Gasteiger partial charge in [-0.1, -0.05) is 127 Å². The maximum Gasteiger partial charge on any atom is 0.490 e. The number of halogens is 3. The standard InChI is InChI=1S/C41H43N3O.C2HF3O2/c45-41(37-16-8-3-9-17-37)44(39-25-28-43(29-26-39)31-35-14-6-2-7-15-35)32-38-18-10-11-19-40(38)36-22-20-34(21-23-36)30-42-27-24-33-12-4-1-5-13-33;3-2(4,5)1(6)7/h1-23,39,42H,24-32H2;(H,6,7). The van der Waals surface area contributed by atoms with Crippen LogP contribution in [0.15, 0.2) is 140 Å². The van der Waals surface area contributed by atoms with E-state index in [9.17, 15) is 18.0 Å². The predicted molar refractivity (Wildman–Crippen MR) is 198 cm³/mol. The van der Waals surface area contributed by atoms with Gasteiger partial charge in [-0.15, -0.1) is 0 Å². The minimum Gasteiger partial charge on any atom is -0.475 e. The molecule has 6 nitrogen and oxygen atoms in total. The summed E-state index contributed by atoms with van der Waals surface area (Å²) in [5, 5.41) is 10.7. The van der Waals surface area contributed by atoms with Gasteiger partial charge in [-0.05, 0) is 71.3 Å². The summed E-state index contributed by atoms with van der Waals surface area (Å²) in [5.74, 6) is -2.64. The average Bonchev–Trinajstić information content (AvgIpc) is 3.17. The fraction of sp³-hybridized carbons (Fsp3) is 0.256. The van der Waals surface area contributed by atoms with Gasteiger partial charge in [-0.2, -0.15) is 13.2 Å². The van der Waals surface area contributed by atoms with Gasteiger partial charge in [0, 0.05) is 44.3 Å². The lowest BCUT2D eigenvalue weighted by Gasteiger charge is -2.39. The van der Waals surface area contributed by atoms with Crippen LogP contribution in [-0.2, 0) is 30.8 Å². The molecule has 0 saturated carbocycles. The highest BCUT2D eigenvalue weighted by Crippen LogP contribution is 2.29. The van der Waals surface area contributed by atoms with Crippen LogP contribution >= 0.6 is 0 Å². The number of alkyl halides is 3. The fourth-order valence-corrected chi connectivity index (χ4v) is 6.38. The smallest absolute Gasteiger partial charge is 0.475 e. The summed E-state index contributed by atoms with van der Waals surface area (Å²) in [7, 11) is 0. The Morgan fingerprint density at radius 3 is 1.85 bits per heavy atom. The molecule has 0 bridgehead atoms. The molecule has 2 N–H and O–H groups in total. The highest BCUT2D eigenvalue weighted by Gasteiger charge is 2.38. The van der Waals surface area contributed by atoms with Crippen LogP contribution in [0.2, 0.25) is 0 Å². The zero-order valence-electron chi connectivity index (χ0n) is 29.0. The number of aliphatic carboxylic acids is 1. The SMILES string of the molecule is O=C(O)C(F)(F)F.O=C(c1ccccc1)N(Cc1ccccc1-c1ccc(CNCCc2ccccc2)cc1)C1CCN(Cc2ccccc2)CC1. The van der Waals surface area contributed by atoms with Crippen molar-refractivity contribution < 1.29 is 27.9 Å². The van der Waals surface area contributed by atoms with E-state index >= 15 is 0 Å². The number of carboxylic acid groups (broad SMARTS) is 1. The Labute approximate surface area is 303 Å². The molecule has 1 heterocycles. The Morgan fingerprint density at radius 2 is 1.25 bits per heavy atom. The molecule has 1 fully saturated rings. The number of piperidine rings is 1. The summed E-state index contributed by atoms with van der Waals surface area (Å²) in [6.45, 7) is 5.32. The number of nitrogens with zero attached hydrogens (tertiary/aromatic N) is 2. The van der Waals surface area contributed by atoms with Crippen LogP contribution in [0, 0.1) is 0 Å². The number of carbonyl (C=O) groups excluding carboxylic acids is 1. The van der Waals surface area contributed by atoms with Crippen LogP contribution < -0.4 is 5.32 Å². The van der Waals surface area contributed by atoms with Gasteiger partial charge < -0.3 is 15.3 Å². The van der Waals surface area contributed by atoms with E-state index in [-0.39, 0.29) is 11.9 Å². The van der Waals surface area contributed by atoms with E-state index in [1.165, 1.54) is 33.4 Å². The molecule has 0 aromatic heterocycles. The van der Waals surface area contributed by atoms with E-state index in [0.717, 1.165) is 57.5 Å². The number of rotatable bonds is 12. The van der Waals surface area contributed by atoms with Crippen LogP contribution in [0.3, 0.4) is 0 Å². The minimum atomic E-state index is -5.08. The van der Waals surface area contributed by atoms with Crippen molar-refractivity contribution in [3.63, 3.8) is 0 Å². The van der Waals surface area contributed by atoms with Gasteiger partial charge in [0.2, 0.25) is 0 Å². The van der Waals surface area contributed by atoms with Crippen LogP contribution in [0.25, 0.3) is 11.1 Å². The van der Waals surface area contributed by atoms with Crippen molar-refractivity contribution in [2.75, 3.05) is 19.6 Å². The second-order valence-corrected chi connectivity index (χ2v) is 12.9. The summed E-state index contributed by atoms with van der Waals surface area (Å²) in [6, 6.07) is 48.7. The number of hydrogen-bond donors (Lipinski definition) is 2. The highest BCUT2D eigenvalue weighted by molar-refractivity contribution is 5.94. The molecule has 1 aliphatic rings. The molecule has 1 aliphatic heterocycles. The van der Waals surface area contributed by atoms with Gasteiger partial charge in [0.1, 0.15) is 0 Å². The number of carboxylic acids is 1. The predicted octanol–water partition coefficient (Wildman–Crippen LogP) is 8.63. The first-order chi connectivity index (χ1) is 25.2. The Balaban J connectivity index is 0.000000679. The summed E-state index contributed by atoms with van der Waals surface area (Å²) < 4.78 is 31.7. The van der Waals surface area contributed by atoms with E-state index < -0.39 is 12.1 Å². The molecule has 1 amide bonds. The monoisotopic (exact) mass is 707 g/mol. The largest absolute Gasteiger partial charge is 0.490 e. The third kappa shape index (κ3) is 11.4. The van der Waals surface area contributed by atoms with Gasteiger partial charge in [-0.3, -0.25) is 9.69 Å². The molecule has 1 saturated heterocycles. The third-order valence-corrected chi connectivity index (χ3v) is 9.16. The summed E-state index contributed by atoms with van der Waals surface area (Å²) in [4.78, 5) is 27.6. The van der Waals surface area contributed by atoms with E-state index in [2.05, 4.69) is 124 Å². The number of likely N-dealkylation sites (tertiary alicyclic amines) is 1. The number of carbonyl (C=O) groups is 2. The van der Waals surface area contributed by atoms with E-state index in [0.29, 0.717) is 6.54 Å². The Kier molecular flexibility index (Phi) is 13.8. The first-order valence-corrected chi connectivity index (χ1v) is 17.5. The van der Waals surface area contributed by atoms with Crippen LogP contribution in [-0.4, -0.2) is 58.6 Å². The highest BCUT2D eigenvalue weighted by atomic mass is 19.4. The van der Waals surface area contributed by atoms with Gasteiger partial charge in [-0.25, -0.2) is 4.79 Å². The number of nitrogens with one attached hydrogen (secondary N) is 1. The fourth-order valence-electron chi connectivity index (χ4n) is 6.38. The minimum absolute atomic E-state index is 0.115. The topological polar surface area (TPSA) is 72.9 Å². The van der Waals surface area contributed by atoms with Gasteiger partial charge in [0.15, 0.2) is 0 Å². The lowest BCUT2D eigenvalue weighted by Crippen LogP contribution is -2.47. The number of benzene rings is 5. The van der Waals surface area contributed by atoms with Crippen molar-refractivity contribution in [1.82, 2.24) is 15.1 Å². The van der Waals surface area contributed by atoms with Crippen LogP contribution in [0.4, 0.5) is 13.2 Å². The summed E-state index contributed by atoms with van der Waals surface area (Å²) in [5.41, 5.74) is 8.28. The average molecular weight is 708 g/mol. The molecule has 0 radical (unpaired) electrons. The Morgan fingerprint density at radius 1 is 0.712 bits per heavy atom. The molecule has 0 aliphatic carbocycles. The molecule has 0 atom stereocenters. The molecular weight excluding hydrogens is 663 g/mol. The zero-order valence-corrected chi connectivity index (χ0v) is 29.0. The molecule has 9 heteroatoms. The molecule has 0 spiro atoms. The lowest BCUT2D eigenvalue weighted by atomic mass is 9.96. The van der Waals surface area contributed by atoms with Crippen molar-refractivity contribution in [1.29, 1.82) is 0 Å². The van der Waals surface area contributed by atoms with Crippen molar-refractivity contribution in [2.24, 2.45) is 0 Å². The molecule has 5 aromatic carbocycles. The Hall–Kier alpha value is -5.25.